The molecule has 0 radical (unpaired) electrons. The molecule has 0 fully saturated rings. The van der Waals surface area contributed by atoms with Gasteiger partial charge in [-0.05, 0) is 5.56 Å². The zero-order chi connectivity index (χ0) is 9.68. The second kappa shape index (κ2) is 4.80. The van der Waals surface area contributed by atoms with Gasteiger partial charge in [-0.2, -0.15) is 0 Å². The molecule has 2 atom stereocenters. The molecule has 13 heavy (non-hydrogen) atoms. The lowest BCUT2D eigenvalue weighted by Gasteiger charge is -2.13. The summed E-state index contributed by atoms with van der Waals surface area (Å²) in [6.45, 7) is 3.41. The number of aliphatic hydroxyl groups excluding tert-OH is 2. The quantitative estimate of drug-likeness (QED) is 0.679. The first-order valence-electron chi connectivity index (χ1n) is 4.26. The van der Waals surface area contributed by atoms with E-state index in [4.69, 9.17) is 0 Å². The summed E-state index contributed by atoms with van der Waals surface area (Å²) in [6.07, 6.45) is 0.182. The molecule has 1 rings (SSSR count). The fraction of sp³-hybridized carbons (Fsp3) is 0.273. The van der Waals surface area contributed by atoms with E-state index in [-0.39, 0.29) is 0 Å². The van der Waals surface area contributed by atoms with Crippen LogP contribution in [-0.2, 0) is 6.42 Å². The summed E-state index contributed by atoms with van der Waals surface area (Å²) >= 11 is 0. The Labute approximate surface area is 78.2 Å². The molecule has 0 heterocycles. The van der Waals surface area contributed by atoms with E-state index in [9.17, 15) is 10.2 Å². The van der Waals surface area contributed by atoms with Crippen LogP contribution in [-0.4, -0.2) is 22.4 Å². The predicted octanol–water partition coefficient (Wildman–Crippen LogP) is 1.14. The molecule has 70 valence electrons. The molecular formula is C11H14O2. The third-order valence-corrected chi connectivity index (χ3v) is 1.92. The van der Waals surface area contributed by atoms with Crippen molar-refractivity contribution in [2.75, 3.05) is 0 Å². The zero-order valence-corrected chi connectivity index (χ0v) is 7.43. The topological polar surface area (TPSA) is 40.5 Å². The molecule has 0 amide bonds. The van der Waals surface area contributed by atoms with Gasteiger partial charge in [0.15, 0.2) is 0 Å². The second-order valence-electron chi connectivity index (χ2n) is 2.98. The summed E-state index contributed by atoms with van der Waals surface area (Å²) in [5.74, 6) is 0. The van der Waals surface area contributed by atoms with Crippen molar-refractivity contribution < 1.29 is 10.2 Å². The van der Waals surface area contributed by atoms with Crippen molar-refractivity contribution in [3.8, 4) is 0 Å². The van der Waals surface area contributed by atoms with E-state index < -0.39 is 12.2 Å². The maximum atomic E-state index is 9.45. The third-order valence-electron chi connectivity index (χ3n) is 1.92. The van der Waals surface area contributed by atoms with Crippen molar-refractivity contribution in [3.05, 3.63) is 48.6 Å². The van der Waals surface area contributed by atoms with Gasteiger partial charge in [0.2, 0.25) is 0 Å². The summed E-state index contributed by atoms with van der Waals surface area (Å²) in [6, 6.07) is 9.56. The van der Waals surface area contributed by atoms with Gasteiger partial charge < -0.3 is 10.2 Å². The molecule has 0 saturated carbocycles. The van der Waals surface area contributed by atoms with Gasteiger partial charge in [0.1, 0.15) is 0 Å². The van der Waals surface area contributed by atoms with Crippen molar-refractivity contribution in [2.24, 2.45) is 0 Å². The fourth-order valence-corrected chi connectivity index (χ4v) is 1.13. The monoisotopic (exact) mass is 178 g/mol. The molecule has 2 heteroatoms. The molecule has 0 aliphatic heterocycles. The molecule has 2 N–H and O–H groups in total. The van der Waals surface area contributed by atoms with Crippen molar-refractivity contribution in [1.82, 2.24) is 0 Å². The smallest absolute Gasteiger partial charge is 0.0980 e. The first kappa shape index (κ1) is 9.96. The second-order valence-corrected chi connectivity index (χ2v) is 2.98. The van der Waals surface area contributed by atoms with Crippen molar-refractivity contribution in [3.63, 3.8) is 0 Å². The van der Waals surface area contributed by atoms with Crippen LogP contribution in [0.2, 0.25) is 0 Å². The van der Waals surface area contributed by atoms with E-state index in [1.54, 1.807) is 0 Å². The average molecular weight is 178 g/mol. The van der Waals surface area contributed by atoms with Crippen molar-refractivity contribution in [1.29, 1.82) is 0 Å². The first-order chi connectivity index (χ1) is 6.24. The Morgan fingerprint density at radius 3 is 2.38 bits per heavy atom. The third kappa shape index (κ3) is 3.01. The maximum absolute atomic E-state index is 9.45. The van der Waals surface area contributed by atoms with Crippen LogP contribution in [0.25, 0.3) is 0 Å². The average Bonchev–Trinajstić information content (AvgIpc) is 2.18. The predicted molar refractivity (Wildman–Crippen MR) is 52.4 cm³/mol. The van der Waals surface area contributed by atoms with Crippen LogP contribution < -0.4 is 0 Å². The minimum Gasteiger partial charge on any atom is -0.390 e. The minimum absolute atomic E-state index is 0.452. The summed E-state index contributed by atoms with van der Waals surface area (Å²) in [5.41, 5.74) is 1.01. The van der Waals surface area contributed by atoms with Crippen LogP contribution in [0, 0.1) is 0 Å². The van der Waals surface area contributed by atoms with Gasteiger partial charge in [0.05, 0.1) is 12.2 Å². The van der Waals surface area contributed by atoms with Gasteiger partial charge in [0, 0.05) is 6.42 Å². The van der Waals surface area contributed by atoms with Crippen LogP contribution >= 0.6 is 0 Å². The highest BCUT2D eigenvalue weighted by Crippen LogP contribution is 2.06. The highest BCUT2D eigenvalue weighted by molar-refractivity contribution is 5.16. The Kier molecular flexibility index (Phi) is 3.68. The van der Waals surface area contributed by atoms with Crippen molar-refractivity contribution >= 4 is 0 Å². The summed E-state index contributed by atoms with van der Waals surface area (Å²) in [5, 5.41) is 18.7. The Morgan fingerprint density at radius 1 is 1.23 bits per heavy atom. The van der Waals surface area contributed by atoms with Crippen LogP contribution in [0.4, 0.5) is 0 Å². The minimum atomic E-state index is -0.847. The Hall–Kier alpha value is -1.12. The normalized spacial score (nSPS) is 14.9. The first-order valence-corrected chi connectivity index (χ1v) is 4.26. The number of aliphatic hydroxyl groups is 2. The highest BCUT2D eigenvalue weighted by Gasteiger charge is 2.12. The van der Waals surface area contributed by atoms with Gasteiger partial charge in [-0.1, -0.05) is 36.4 Å². The molecule has 0 saturated heterocycles. The lowest BCUT2D eigenvalue weighted by Crippen LogP contribution is -2.25. The zero-order valence-electron chi connectivity index (χ0n) is 7.43. The van der Waals surface area contributed by atoms with E-state index in [0.717, 1.165) is 5.56 Å². The summed E-state index contributed by atoms with van der Waals surface area (Å²) in [4.78, 5) is 0. The van der Waals surface area contributed by atoms with Crippen molar-refractivity contribution in [2.45, 2.75) is 18.6 Å². The molecule has 1 aromatic rings. The Balaban J connectivity index is 2.54. The van der Waals surface area contributed by atoms with Gasteiger partial charge in [0.25, 0.3) is 0 Å². The van der Waals surface area contributed by atoms with Crippen LogP contribution in [0.5, 0.6) is 0 Å². The lowest BCUT2D eigenvalue weighted by molar-refractivity contribution is 0.0495. The molecular weight excluding hydrogens is 164 g/mol. The van der Waals surface area contributed by atoms with E-state index in [2.05, 4.69) is 6.58 Å². The van der Waals surface area contributed by atoms with Crippen LogP contribution in [0.1, 0.15) is 5.56 Å². The maximum Gasteiger partial charge on any atom is 0.0980 e. The van der Waals surface area contributed by atoms with Gasteiger partial charge >= 0.3 is 0 Å². The molecule has 2 unspecified atom stereocenters. The van der Waals surface area contributed by atoms with Crippen LogP contribution in [0.3, 0.4) is 0 Å². The Morgan fingerprint density at radius 2 is 1.85 bits per heavy atom. The molecule has 0 spiro atoms. The Bertz CT molecular complexity index is 256. The molecule has 0 bridgehead atoms. The lowest BCUT2D eigenvalue weighted by atomic mass is 10.0. The summed E-state index contributed by atoms with van der Waals surface area (Å²) in [7, 11) is 0. The molecule has 2 nitrogen and oxygen atoms in total. The van der Waals surface area contributed by atoms with Gasteiger partial charge in [-0.3, -0.25) is 0 Å². The molecule has 1 aromatic carbocycles. The van der Waals surface area contributed by atoms with E-state index in [1.807, 2.05) is 30.3 Å². The fourth-order valence-electron chi connectivity index (χ4n) is 1.13. The van der Waals surface area contributed by atoms with E-state index in [1.165, 1.54) is 6.08 Å². The number of rotatable bonds is 4. The molecule has 0 aliphatic carbocycles. The largest absolute Gasteiger partial charge is 0.390 e. The van der Waals surface area contributed by atoms with Gasteiger partial charge in [-0.15, -0.1) is 6.58 Å². The SMILES string of the molecule is C=CC(O)C(O)Cc1ccccc1. The van der Waals surface area contributed by atoms with E-state index >= 15 is 0 Å². The number of benzene rings is 1. The summed E-state index contributed by atoms with van der Waals surface area (Å²) < 4.78 is 0. The molecule has 0 aliphatic rings. The standard InChI is InChI=1S/C11H14O2/c1-2-10(12)11(13)8-9-6-4-3-5-7-9/h2-7,10-13H,1,8H2. The molecule has 0 aromatic heterocycles. The van der Waals surface area contributed by atoms with Crippen LogP contribution in [0.15, 0.2) is 43.0 Å². The number of hydrogen-bond acceptors (Lipinski definition) is 2. The number of hydrogen-bond donors (Lipinski definition) is 2. The highest BCUT2D eigenvalue weighted by atomic mass is 16.3. The van der Waals surface area contributed by atoms with Gasteiger partial charge in [-0.25, -0.2) is 0 Å². The van der Waals surface area contributed by atoms with E-state index in [0.29, 0.717) is 6.42 Å².